The average molecular weight is 805 g/mol. The van der Waals surface area contributed by atoms with E-state index in [1.807, 2.05) is 35.0 Å². The number of carbonyl (C=O) groups is 2. The van der Waals surface area contributed by atoms with Crippen molar-refractivity contribution in [2.75, 3.05) is 20.6 Å². The zero-order chi connectivity index (χ0) is 41.7. The summed E-state index contributed by atoms with van der Waals surface area (Å²) in [7, 11) is 4.21. The van der Waals surface area contributed by atoms with Crippen molar-refractivity contribution in [1.82, 2.24) is 14.3 Å². The summed E-state index contributed by atoms with van der Waals surface area (Å²) < 4.78 is 10.5. The Morgan fingerprint density at radius 3 is 2.25 bits per heavy atom. The molecule has 5 aliphatic rings. The summed E-state index contributed by atoms with van der Waals surface area (Å²) in [6, 6.07) is 9.69. The molecule has 0 bridgehead atoms. The van der Waals surface area contributed by atoms with Crippen molar-refractivity contribution in [3.05, 3.63) is 62.5 Å². The number of nitrogens with zero attached hydrogens (tertiary/aromatic N) is 3. The fourth-order valence-corrected chi connectivity index (χ4v) is 14.2. The van der Waals surface area contributed by atoms with Crippen molar-refractivity contribution in [3.8, 4) is 5.69 Å². The Morgan fingerprint density at radius 2 is 1.61 bits per heavy atom. The van der Waals surface area contributed by atoms with Crippen LogP contribution in [0.25, 0.3) is 5.69 Å². The number of likely N-dealkylation sites (N-methyl/N-ethyl adjacent to an activating group) is 1. The molecule has 1 heterocycles. The Labute approximate surface area is 346 Å². The average Bonchev–Trinajstić information content (AvgIpc) is 3.67. The van der Waals surface area contributed by atoms with E-state index in [-0.39, 0.29) is 45.2 Å². The van der Waals surface area contributed by atoms with E-state index in [9.17, 15) is 19.5 Å². The predicted octanol–water partition coefficient (Wildman–Crippen LogP) is 10.3. The number of allylic oxidation sites excluding steroid dienone is 2. The second-order valence-electron chi connectivity index (χ2n) is 21.6. The van der Waals surface area contributed by atoms with E-state index in [0.29, 0.717) is 28.7 Å². The molecular weight excluding hydrogens is 734 g/mol. The van der Waals surface area contributed by atoms with Gasteiger partial charge in [0.05, 0.1) is 29.8 Å². The van der Waals surface area contributed by atoms with Gasteiger partial charge in [0.15, 0.2) is 0 Å². The molecule has 4 fully saturated rings. The molecule has 0 saturated heterocycles. The first-order valence-electron chi connectivity index (χ1n) is 21.9. The fraction of sp³-hybridized carbons (Fsp3) is 0.729. The Morgan fingerprint density at radius 1 is 0.930 bits per heavy atom. The third kappa shape index (κ3) is 6.51. The maximum absolute atomic E-state index is 14.2. The van der Waals surface area contributed by atoms with Crippen LogP contribution in [0, 0.1) is 50.7 Å². The molecule has 8 atom stereocenters. The van der Waals surface area contributed by atoms with Crippen molar-refractivity contribution in [2.45, 2.75) is 151 Å². The molecule has 2 aromatic rings. The quantitative estimate of drug-likeness (QED) is 0.190. The first-order valence-corrected chi connectivity index (χ1v) is 22.3. The molecule has 7 rings (SSSR count). The molecule has 0 aliphatic heterocycles. The number of carboxylic acid groups (broad SMARTS) is 1. The summed E-state index contributed by atoms with van der Waals surface area (Å²) in [6.07, 6.45) is 10.4. The van der Waals surface area contributed by atoms with E-state index in [1.165, 1.54) is 12.1 Å². The molecule has 314 valence electrons. The van der Waals surface area contributed by atoms with Crippen LogP contribution in [-0.2, 0) is 26.3 Å². The highest BCUT2D eigenvalue weighted by molar-refractivity contribution is 6.30. The van der Waals surface area contributed by atoms with Crippen LogP contribution in [0.2, 0.25) is 5.02 Å². The number of hydrogen-bond acceptors (Lipinski definition) is 5. The Hall–Kier alpha value is -2.84. The van der Waals surface area contributed by atoms with Crippen LogP contribution in [0.5, 0.6) is 0 Å². The molecule has 1 N–H and O–H groups in total. The highest BCUT2D eigenvalue weighted by atomic mass is 35.5. The molecule has 1 aromatic carbocycles. The lowest BCUT2D eigenvalue weighted by Gasteiger charge is -2.72. The molecule has 8 nitrogen and oxygen atoms in total. The molecule has 9 heteroatoms. The Balaban J connectivity index is 1.25. The van der Waals surface area contributed by atoms with Crippen molar-refractivity contribution in [2.24, 2.45) is 50.7 Å². The minimum atomic E-state index is -1.16. The summed E-state index contributed by atoms with van der Waals surface area (Å²) in [5, 5.41) is 10.3. The van der Waals surface area contributed by atoms with Crippen LogP contribution in [-0.4, -0.2) is 58.1 Å². The van der Waals surface area contributed by atoms with E-state index in [0.717, 1.165) is 76.6 Å². The SMILES string of the molecule is CC(C)C1=C2[C@H]3CC[C@@H]4[C@@]5(C)CC[C@H](OC(=O)CC(C)(C)C(=O)O)C(C)(C)[C@@H]5CC[C@@]4(C)[C@]3(C)CC[C@@]2(c2cc(=O)n(-c3ccc(Cl)cc3)n2CCN(C)C)CC1. The lowest BCUT2D eigenvalue weighted by Crippen LogP contribution is -2.66. The highest BCUT2D eigenvalue weighted by Gasteiger charge is 2.70. The predicted molar refractivity (Wildman–Crippen MR) is 228 cm³/mol. The van der Waals surface area contributed by atoms with Gasteiger partial charge in [-0.2, -0.15) is 0 Å². The van der Waals surface area contributed by atoms with Crippen LogP contribution in [0.1, 0.15) is 139 Å². The molecule has 5 aliphatic carbocycles. The summed E-state index contributed by atoms with van der Waals surface area (Å²) >= 11 is 6.33. The monoisotopic (exact) mass is 804 g/mol. The molecule has 1 aromatic heterocycles. The second kappa shape index (κ2) is 14.4. The lowest BCUT2D eigenvalue weighted by atomic mass is 9.33. The van der Waals surface area contributed by atoms with E-state index >= 15 is 0 Å². The smallest absolute Gasteiger partial charge is 0.309 e. The molecular formula is C48H70ClN3O5. The van der Waals surface area contributed by atoms with Gasteiger partial charge in [-0.3, -0.25) is 19.1 Å². The topological polar surface area (TPSA) is 93.8 Å². The molecule has 0 radical (unpaired) electrons. The van der Waals surface area contributed by atoms with Gasteiger partial charge in [-0.1, -0.05) is 71.2 Å². The Kier molecular flexibility index (Phi) is 10.7. The van der Waals surface area contributed by atoms with Gasteiger partial charge < -0.3 is 14.7 Å². The number of hydrogen-bond donors (Lipinski definition) is 1. The number of halogens is 1. The van der Waals surface area contributed by atoms with Crippen molar-refractivity contribution in [3.63, 3.8) is 0 Å². The number of benzene rings is 1. The van der Waals surface area contributed by atoms with Crippen LogP contribution < -0.4 is 5.56 Å². The molecule has 0 spiro atoms. The van der Waals surface area contributed by atoms with Crippen LogP contribution >= 0.6 is 11.6 Å². The minimum absolute atomic E-state index is 0.0301. The van der Waals surface area contributed by atoms with E-state index in [1.54, 1.807) is 25.0 Å². The van der Waals surface area contributed by atoms with Gasteiger partial charge in [0.25, 0.3) is 5.56 Å². The van der Waals surface area contributed by atoms with Crippen LogP contribution in [0.3, 0.4) is 0 Å². The number of fused-ring (bicyclic) bond motifs is 7. The second-order valence-corrected chi connectivity index (χ2v) is 22.0. The number of rotatable bonds is 10. The van der Waals surface area contributed by atoms with Gasteiger partial charge in [-0.15, -0.1) is 0 Å². The zero-order valence-electron chi connectivity index (χ0n) is 36.8. The van der Waals surface area contributed by atoms with Gasteiger partial charge >= 0.3 is 11.9 Å². The van der Waals surface area contributed by atoms with E-state index < -0.39 is 17.4 Å². The van der Waals surface area contributed by atoms with Crippen molar-refractivity contribution >= 4 is 23.5 Å². The van der Waals surface area contributed by atoms with E-state index in [4.69, 9.17) is 16.3 Å². The molecule has 0 unspecified atom stereocenters. The van der Waals surface area contributed by atoms with Gasteiger partial charge in [0.1, 0.15) is 6.10 Å². The summed E-state index contributed by atoms with van der Waals surface area (Å²) in [5.41, 5.74) is 4.19. The number of aliphatic carboxylic acids is 1. The van der Waals surface area contributed by atoms with E-state index in [2.05, 4.69) is 72.1 Å². The van der Waals surface area contributed by atoms with Crippen molar-refractivity contribution < 1.29 is 19.4 Å². The molecule has 0 amide bonds. The number of aromatic nitrogens is 2. The third-order valence-corrected chi connectivity index (χ3v) is 17.6. The Bertz CT molecular complexity index is 1990. The minimum Gasteiger partial charge on any atom is -0.481 e. The van der Waals surface area contributed by atoms with Crippen LogP contribution in [0.4, 0.5) is 0 Å². The largest absolute Gasteiger partial charge is 0.481 e. The fourth-order valence-electron chi connectivity index (χ4n) is 14.1. The number of esters is 1. The first kappa shape index (κ1) is 42.3. The standard InChI is InChI=1S/C48H70ClN3O5/c1-30(2)33-18-23-48(37-28-39(53)52(51(37)27-26-50(10)11)32-14-12-31(49)13-15-32)25-24-46(8)34(41(33)48)16-17-36-45(7)21-20-38(57-40(54)29-43(3,4)42(55)56)44(5,6)35(45)19-22-47(36,46)9/h12-15,28,30,34-36,38H,16-27,29H2,1-11H3,(H,55,56)/t34-,35+,36-,38+,45+,46-,47-,48-/m1/s1. The normalized spacial score (nSPS) is 34.8. The van der Waals surface area contributed by atoms with Crippen LogP contribution in [0.15, 0.2) is 46.3 Å². The van der Waals surface area contributed by atoms with Gasteiger partial charge in [0.2, 0.25) is 0 Å². The zero-order valence-corrected chi connectivity index (χ0v) is 37.5. The number of ether oxygens (including phenoxy) is 1. The maximum atomic E-state index is 14.2. The molecule has 57 heavy (non-hydrogen) atoms. The van der Waals surface area contributed by atoms with Gasteiger partial charge in [-0.05, 0) is 156 Å². The summed E-state index contributed by atoms with van der Waals surface area (Å²) in [5.74, 6) is 0.475. The van der Waals surface area contributed by atoms with Gasteiger partial charge in [-0.25, -0.2) is 4.68 Å². The maximum Gasteiger partial charge on any atom is 0.309 e. The number of carboxylic acids is 1. The first-order chi connectivity index (χ1) is 26.5. The number of carbonyl (C=O) groups excluding carboxylic acids is 1. The third-order valence-electron chi connectivity index (χ3n) is 17.4. The summed E-state index contributed by atoms with van der Waals surface area (Å²) in [6.45, 7) is 22.0. The molecule has 4 saturated carbocycles. The highest BCUT2D eigenvalue weighted by Crippen LogP contribution is 2.77. The van der Waals surface area contributed by atoms with Crippen molar-refractivity contribution in [1.29, 1.82) is 0 Å². The van der Waals surface area contributed by atoms with Gasteiger partial charge in [0, 0.05) is 28.5 Å². The lowest BCUT2D eigenvalue weighted by molar-refractivity contribution is -0.232. The summed E-state index contributed by atoms with van der Waals surface area (Å²) in [4.78, 5) is 41.5.